The zero-order valence-corrected chi connectivity index (χ0v) is 18.3. The van der Waals surface area contributed by atoms with E-state index < -0.39 is 0 Å². The van der Waals surface area contributed by atoms with Crippen LogP contribution in [0, 0.1) is 16.7 Å². The highest BCUT2D eigenvalue weighted by Gasteiger charge is 2.58. The summed E-state index contributed by atoms with van der Waals surface area (Å²) in [5.74, 6) is 0.906. The molecule has 0 aromatic heterocycles. The number of fused-ring (bicyclic) bond motifs is 1. The van der Waals surface area contributed by atoms with E-state index in [9.17, 15) is 0 Å². The number of hydrogen-bond acceptors (Lipinski definition) is 3. The fraction of sp³-hybridized carbons (Fsp3) is 1.00. The molecule has 3 heterocycles. The van der Waals surface area contributed by atoms with Crippen molar-refractivity contribution in [3.05, 3.63) is 0 Å². The van der Waals surface area contributed by atoms with Crippen LogP contribution in [0.5, 0.6) is 0 Å². The Bertz CT molecular complexity index is 460. The van der Waals surface area contributed by atoms with E-state index in [1.807, 2.05) is 0 Å². The normalized spacial score (nSPS) is 37.0. The molecule has 3 fully saturated rings. The first-order chi connectivity index (χ1) is 11.3. The topological polar surface area (TPSA) is 9.72 Å². The zero-order valence-electron chi connectivity index (χ0n) is 18.3. The third kappa shape index (κ3) is 3.80. The lowest BCUT2D eigenvalue weighted by atomic mass is 9.71. The van der Waals surface area contributed by atoms with E-state index in [2.05, 4.69) is 70.1 Å². The third-order valence-corrected chi connectivity index (χ3v) is 7.71. The van der Waals surface area contributed by atoms with Crippen molar-refractivity contribution in [2.75, 3.05) is 45.8 Å². The van der Waals surface area contributed by atoms with Crippen LogP contribution in [0.3, 0.4) is 0 Å². The summed E-state index contributed by atoms with van der Waals surface area (Å²) in [5.41, 5.74) is 1.58. The van der Waals surface area contributed by atoms with Crippen LogP contribution in [0.15, 0.2) is 0 Å². The summed E-state index contributed by atoms with van der Waals surface area (Å²) >= 11 is 0. The smallest absolute Gasteiger partial charge is 0.0125 e. The van der Waals surface area contributed by atoms with Crippen molar-refractivity contribution in [2.24, 2.45) is 16.7 Å². The molecule has 2 atom stereocenters. The highest BCUT2D eigenvalue weighted by molar-refractivity contribution is 5.11. The minimum atomic E-state index is 0.307. The second-order valence-corrected chi connectivity index (χ2v) is 11.9. The lowest BCUT2D eigenvalue weighted by molar-refractivity contribution is 0.0723. The highest BCUT2D eigenvalue weighted by Crippen LogP contribution is 2.53. The van der Waals surface area contributed by atoms with Crippen LogP contribution < -0.4 is 0 Å². The summed E-state index contributed by atoms with van der Waals surface area (Å²) in [7, 11) is 0. The largest absolute Gasteiger partial charge is 0.302 e. The van der Waals surface area contributed by atoms with Crippen LogP contribution >= 0.6 is 0 Å². The monoisotopic (exact) mass is 349 g/mol. The average Bonchev–Trinajstić information content (AvgIpc) is 2.82. The maximum Gasteiger partial charge on any atom is 0.0125 e. The van der Waals surface area contributed by atoms with Gasteiger partial charge in [0, 0.05) is 54.6 Å². The summed E-state index contributed by atoms with van der Waals surface area (Å²) in [6.45, 7) is 28.4. The zero-order chi connectivity index (χ0) is 18.7. The number of piperidine rings is 1. The molecule has 3 saturated heterocycles. The fourth-order valence-corrected chi connectivity index (χ4v) is 5.56. The molecule has 0 unspecified atom stereocenters. The van der Waals surface area contributed by atoms with Crippen molar-refractivity contribution >= 4 is 0 Å². The Hall–Kier alpha value is -0.120. The molecule has 0 aromatic carbocycles. The molecular weight excluding hydrogens is 306 g/mol. The predicted octanol–water partition coefficient (Wildman–Crippen LogP) is 3.94. The second-order valence-electron chi connectivity index (χ2n) is 11.9. The van der Waals surface area contributed by atoms with Crippen molar-refractivity contribution in [2.45, 2.75) is 79.3 Å². The van der Waals surface area contributed by atoms with Gasteiger partial charge in [0.2, 0.25) is 0 Å². The summed E-state index contributed by atoms with van der Waals surface area (Å²) in [6.07, 6.45) is 2.77. The van der Waals surface area contributed by atoms with Crippen LogP contribution in [0.1, 0.15) is 68.2 Å². The van der Waals surface area contributed by atoms with Gasteiger partial charge in [-0.15, -0.1) is 0 Å². The van der Waals surface area contributed by atoms with E-state index in [1.54, 1.807) is 0 Å². The molecule has 0 spiro atoms. The van der Waals surface area contributed by atoms with Gasteiger partial charge in [-0.05, 0) is 73.4 Å². The van der Waals surface area contributed by atoms with E-state index in [1.165, 1.54) is 58.7 Å². The molecule has 3 aliphatic heterocycles. The van der Waals surface area contributed by atoms with E-state index >= 15 is 0 Å². The van der Waals surface area contributed by atoms with E-state index in [-0.39, 0.29) is 0 Å². The lowest BCUT2D eigenvalue weighted by Gasteiger charge is -2.42. The Balaban J connectivity index is 1.55. The standard InChI is InChI=1S/C22H43N3/c1-19(2,3)24-11-9-18(10-12-24)13-23-14-21(7)16-25(20(4,5)6)17-22(21,8)15-23/h18H,9-17H2,1-8H3/t21-,22+. The van der Waals surface area contributed by atoms with Gasteiger partial charge < -0.3 is 4.90 Å². The van der Waals surface area contributed by atoms with Crippen molar-refractivity contribution in [1.82, 2.24) is 14.7 Å². The van der Waals surface area contributed by atoms with Gasteiger partial charge in [0.1, 0.15) is 0 Å². The predicted molar refractivity (Wildman–Crippen MR) is 108 cm³/mol. The molecule has 0 amide bonds. The van der Waals surface area contributed by atoms with Gasteiger partial charge in [0.25, 0.3) is 0 Å². The molecule has 25 heavy (non-hydrogen) atoms. The Kier molecular flexibility index (Phi) is 4.87. The van der Waals surface area contributed by atoms with E-state index in [0.717, 1.165) is 5.92 Å². The van der Waals surface area contributed by atoms with E-state index in [0.29, 0.717) is 21.9 Å². The average molecular weight is 350 g/mol. The Labute approximate surface area is 157 Å². The summed E-state index contributed by atoms with van der Waals surface area (Å²) in [4.78, 5) is 8.22. The number of hydrogen-bond donors (Lipinski definition) is 0. The minimum Gasteiger partial charge on any atom is -0.302 e. The maximum atomic E-state index is 2.82. The van der Waals surface area contributed by atoms with E-state index in [4.69, 9.17) is 0 Å². The first-order valence-electron chi connectivity index (χ1n) is 10.5. The molecule has 146 valence electrons. The quantitative estimate of drug-likeness (QED) is 0.748. The van der Waals surface area contributed by atoms with Crippen molar-refractivity contribution < 1.29 is 0 Å². The molecule has 3 nitrogen and oxygen atoms in total. The van der Waals surface area contributed by atoms with Gasteiger partial charge in [0.05, 0.1) is 0 Å². The molecule has 0 N–H and O–H groups in total. The first kappa shape index (κ1) is 19.6. The Morgan fingerprint density at radius 3 is 1.56 bits per heavy atom. The maximum absolute atomic E-state index is 2.82. The van der Waals surface area contributed by atoms with Gasteiger partial charge in [0.15, 0.2) is 0 Å². The van der Waals surface area contributed by atoms with Crippen LogP contribution in [0.4, 0.5) is 0 Å². The van der Waals surface area contributed by atoms with Gasteiger partial charge in [-0.25, -0.2) is 0 Å². The Morgan fingerprint density at radius 1 is 0.720 bits per heavy atom. The lowest BCUT2D eigenvalue weighted by Crippen LogP contribution is -2.48. The first-order valence-corrected chi connectivity index (χ1v) is 10.5. The second kappa shape index (κ2) is 6.21. The molecule has 3 heteroatoms. The van der Waals surface area contributed by atoms with Crippen molar-refractivity contribution in [3.8, 4) is 0 Å². The summed E-state index contributed by atoms with van der Waals surface area (Å²) in [5, 5.41) is 0. The van der Waals surface area contributed by atoms with Gasteiger partial charge in [-0.2, -0.15) is 0 Å². The molecule has 0 aliphatic carbocycles. The number of likely N-dealkylation sites (tertiary alicyclic amines) is 3. The molecule has 3 aliphatic rings. The van der Waals surface area contributed by atoms with Gasteiger partial charge >= 0.3 is 0 Å². The SMILES string of the molecule is CC(C)(C)N1CCC(CN2C[C@@]3(C)CN(C(C)(C)C)C[C@@]3(C)C2)CC1. The number of nitrogens with zero attached hydrogens (tertiary/aromatic N) is 3. The van der Waals surface area contributed by atoms with Crippen LogP contribution in [0.25, 0.3) is 0 Å². The summed E-state index contributed by atoms with van der Waals surface area (Å²) < 4.78 is 0. The van der Waals surface area contributed by atoms with Crippen molar-refractivity contribution in [3.63, 3.8) is 0 Å². The highest BCUT2D eigenvalue weighted by atomic mass is 15.3. The van der Waals surface area contributed by atoms with Crippen LogP contribution in [-0.4, -0.2) is 71.6 Å². The third-order valence-electron chi connectivity index (χ3n) is 7.71. The fourth-order valence-electron chi connectivity index (χ4n) is 5.56. The van der Waals surface area contributed by atoms with Gasteiger partial charge in [-0.3, -0.25) is 9.80 Å². The number of rotatable bonds is 2. The molecule has 0 bridgehead atoms. The van der Waals surface area contributed by atoms with Crippen LogP contribution in [-0.2, 0) is 0 Å². The van der Waals surface area contributed by atoms with Crippen molar-refractivity contribution in [1.29, 1.82) is 0 Å². The molecule has 3 rings (SSSR count). The Morgan fingerprint density at radius 2 is 1.16 bits per heavy atom. The minimum absolute atomic E-state index is 0.307. The van der Waals surface area contributed by atoms with Crippen LogP contribution in [0.2, 0.25) is 0 Å². The molecule has 0 saturated carbocycles. The molecule has 0 aromatic rings. The molecular formula is C22H43N3. The van der Waals surface area contributed by atoms with Gasteiger partial charge in [-0.1, -0.05) is 13.8 Å². The summed E-state index contributed by atoms with van der Waals surface area (Å²) in [6, 6.07) is 0. The molecule has 0 radical (unpaired) electrons.